The topological polar surface area (TPSA) is 54.4 Å². The van der Waals surface area contributed by atoms with Gasteiger partial charge in [-0.3, -0.25) is 9.69 Å². The van der Waals surface area contributed by atoms with Gasteiger partial charge in [-0.1, -0.05) is 6.07 Å². The van der Waals surface area contributed by atoms with E-state index >= 15 is 0 Å². The van der Waals surface area contributed by atoms with Crippen LogP contribution in [0.4, 0.5) is 5.69 Å². The summed E-state index contributed by atoms with van der Waals surface area (Å²) in [5.74, 6) is 0.749. The van der Waals surface area contributed by atoms with E-state index in [1.165, 1.54) is 0 Å². The highest BCUT2D eigenvalue weighted by Crippen LogP contribution is 2.29. The SMILES string of the molecule is CCN1C(=O)C(Cc2ccc(N(C)C)c(OC)c2)OC1=NC(C)C. The van der Waals surface area contributed by atoms with E-state index in [1.807, 2.05) is 58.0 Å². The van der Waals surface area contributed by atoms with Gasteiger partial charge >= 0.3 is 0 Å². The molecular weight excluding hydrogens is 306 g/mol. The van der Waals surface area contributed by atoms with Crippen LogP contribution < -0.4 is 9.64 Å². The first kappa shape index (κ1) is 18.1. The number of aliphatic imine (C=N–C) groups is 1. The van der Waals surface area contributed by atoms with E-state index in [4.69, 9.17) is 9.47 Å². The highest BCUT2D eigenvalue weighted by atomic mass is 16.5. The monoisotopic (exact) mass is 333 g/mol. The number of methoxy groups -OCH3 is 1. The molecule has 132 valence electrons. The third-order valence-corrected chi connectivity index (χ3v) is 3.85. The van der Waals surface area contributed by atoms with Crippen molar-refractivity contribution in [3.05, 3.63) is 23.8 Å². The average molecular weight is 333 g/mol. The molecule has 0 bridgehead atoms. The zero-order chi connectivity index (χ0) is 17.9. The highest BCUT2D eigenvalue weighted by molar-refractivity contribution is 6.02. The Morgan fingerprint density at radius 2 is 2.08 bits per heavy atom. The second kappa shape index (κ2) is 7.55. The van der Waals surface area contributed by atoms with Crippen molar-refractivity contribution in [2.45, 2.75) is 39.3 Å². The molecule has 0 N–H and O–H groups in total. The third kappa shape index (κ3) is 3.80. The maximum Gasteiger partial charge on any atom is 0.295 e. The van der Waals surface area contributed by atoms with Gasteiger partial charge in [0.15, 0.2) is 6.10 Å². The van der Waals surface area contributed by atoms with Gasteiger partial charge in [0.2, 0.25) is 0 Å². The Morgan fingerprint density at radius 3 is 2.62 bits per heavy atom. The molecule has 1 aliphatic rings. The number of ether oxygens (including phenoxy) is 2. The minimum Gasteiger partial charge on any atom is -0.495 e. The molecule has 0 saturated carbocycles. The fraction of sp³-hybridized carbons (Fsp3) is 0.556. The number of hydrogen-bond acceptors (Lipinski definition) is 5. The summed E-state index contributed by atoms with van der Waals surface area (Å²) in [5.41, 5.74) is 2.00. The molecule has 1 unspecified atom stereocenters. The number of hydrogen-bond donors (Lipinski definition) is 0. The van der Waals surface area contributed by atoms with Crippen LogP contribution in [0.3, 0.4) is 0 Å². The summed E-state index contributed by atoms with van der Waals surface area (Å²) in [4.78, 5) is 20.6. The minimum atomic E-state index is -0.530. The summed E-state index contributed by atoms with van der Waals surface area (Å²) in [6, 6.07) is 6.47. The van der Waals surface area contributed by atoms with E-state index in [9.17, 15) is 4.79 Å². The minimum absolute atomic E-state index is 0.0347. The Bertz CT molecular complexity index is 626. The molecule has 1 aromatic carbocycles. The van der Waals surface area contributed by atoms with E-state index in [2.05, 4.69) is 4.99 Å². The standard InChI is InChI=1S/C18H27N3O3/c1-7-21-17(22)16(24-18(21)19-12(2)3)11-13-8-9-14(20(4)5)15(10-13)23-6/h8-10,12,16H,7,11H2,1-6H3. The van der Waals surface area contributed by atoms with E-state index < -0.39 is 6.10 Å². The Labute approximate surface area is 144 Å². The zero-order valence-corrected chi connectivity index (χ0v) is 15.4. The Balaban J connectivity index is 2.21. The van der Waals surface area contributed by atoms with E-state index in [-0.39, 0.29) is 11.9 Å². The van der Waals surface area contributed by atoms with E-state index in [1.54, 1.807) is 12.0 Å². The number of carbonyl (C=O) groups is 1. The van der Waals surface area contributed by atoms with Gasteiger partial charge in [-0.25, -0.2) is 4.99 Å². The predicted molar refractivity (Wildman–Crippen MR) is 95.9 cm³/mol. The maximum absolute atomic E-state index is 12.5. The van der Waals surface area contributed by atoms with Gasteiger partial charge in [0.05, 0.1) is 12.8 Å². The van der Waals surface area contributed by atoms with Crippen LogP contribution >= 0.6 is 0 Å². The Kier molecular flexibility index (Phi) is 5.70. The molecular formula is C18H27N3O3. The lowest BCUT2D eigenvalue weighted by molar-refractivity contribution is -0.129. The second-order valence-electron chi connectivity index (χ2n) is 6.30. The predicted octanol–water partition coefficient (Wildman–Crippen LogP) is 2.32. The Hall–Kier alpha value is -2.24. The maximum atomic E-state index is 12.5. The fourth-order valence-corrected chi connectivity index (χ4v) is 2.68. The molecule has 24 heavy (non-hydrogen) atoms. The van der Waals surface area contributed by atoms with Gasteiger partial charge in [-0.15, -0.1) is 0 Å². The molecule has 1 aliphatic heterocycles. The number of amides is 1. The summed E-state index contributed by atoms with van der Waals surface area (Å²) in [5, 5.41) is 0. The Morgan fingerprint density at radius 1 is 1.38 bits per heavy atom. The van der Waals surface area contributed by atoms with Crippen LogP contribution in [0.15, 0.2) is 23.2 Å². The summed E-state index contributed by atoms with van der Waals surface area (Å²) >= 11 is 0. The van der Waals surface area contributed by atoms with Crippen LogP contribution in [0, 0.1) is 0 Å². The summed E-state index contributed by atoms with van der Waals surface area (Å²) < 4.78 is 11.3. The summed E-state index contributed by atoms with van der Waals surface area (Å²) in [6.45, 7) is 6.41. The molecule has 0 spiro atoms. The molecule has 2 rings (SSSR count). The van der Waals surface area contributed by atoms with Crippen LogP contribution in [0.5, 0.6) is 5.75 Å². The third-order valence-electron chi connectivity index (χ3n) is 3.85. The van der Waals surface area contributed by atoms with Gasteiger partial charge in [-0.05, 0) is 38.5 Å². The van der Waals surface area contributed by atoms with Crippen LogP contribution in [0.25, 0.3) is 0 Å². The first-order valence-electron chi connectivity index (χ1n) is 8.27. The first-order chi connectivity index (χ1) is 11.4. The molecule has 0 radical (unpaired) electrons. The number of amidine groups is 1. The van der Waals surface area contributed by atoms with Crippen molar-refractivity contribution in [3.63, 3.8) is 0 Å². The smallest absolute Gasteiger partial charge is 0.295 e. The fourth-order valence-electron chi connectivity index (χ4n) is 2.68. The largest absolute Gasteiger partial charge is 0.495 e. The number of nitrogens with zero attached hydrogens (tertiary/aromatic N) is 3. The average Bonchev–Trinajstić information content (AvgIpc) is 2.81. The molecule has 0 aliphatic carbocycles. The van der Waals surface area contributed by atoms with Crippen molar-refractivity contribution in [3.8, 4) is 5.75 Å². The lowest BCUT2D eigenvalue weighted by Crippen LogP contribution is -2.32. The van der Waals surface area contributed by atoms with Crippen molar-refractivity contribution >= 4 is 17.6 Å². The molecule has 1 saturated heterocycles. The van der Waals surface area contributed by atoms with E-state index in [0.717, 1.165) is 17.0 Å². The van der Waals surface area contributed by atoms with Crippen LogP contribution in [-0.4, -0.2) is 56.7 Å². The molecule has 1 atom stereocenters. The lowest BCUT2D eigenvalue weighted by Gasteiger charge is -2.18. The van der Waals surface area contributed by atoms with Gasteiger partial charge in [-0.2, -0.15) is 0 Å². The van der Waals surface area contributed by atoms with Gasteiger partial charge in [0, 0.05) is 33.1 Å². The van der Waals surface area contributed by atoms with Crippen molar-refractivity contribution in [1.29, 1.82) is 0 Å². The van der Waals surface area contributed by atoms with Crippen LogP contribution in [0.1, 0.15) is 26.3 Å². The number of rotatable bonds is 6. The molecule has 6 nitrogen and oxygen atoms in total. The number of carbonyl (C=O) groups excluding carboxylic acids is 1. The highest BCUT2D eigenvalue weighted by Gasteiger charge is 2.38. The number of anilines is 1. The number of benzene rings is 1. The lowest BCUT2D eigenvalue weighted by atomic mass is 10.1. The van der Waals surface area contributed by atoms with Crippen molar-refractivity contribution < 1.29 is 14.3 Å². The zero-order valence-electron chi connectivity index (χ0n) is 15.4. The van der Waals surface area contributed by atoms with Crippen LogP contribution in [-0.2, 0) is 16.0 Å². The van der Waals surface area contributed by atoms with E-state index in [0.29, 0.717) is 19.0 Å². The summed E-state index contributed by atoms with van der Waals surface area (Å²) in [6.07, 6.45) is -0.0337. The molecule has 6 heteroatoms. The van der Waals surface area contributed by atoms with Gasteiger partial charge in [0.25, 0.3) is 11.9 Å². The molecule has 0 aromatic heterocycles. The normalized spacial score (nSPS) is 19.1. The molecule has 1 heterocycles. The van der Waals surface area contributed by atoms with Crippen molar-refractivity contribution in [1.82, 2.24) is 4.90 Å². The number of likely N-dealkylation sites (N-methyl/N-ethyl adjacent to an activating group) is 1. The first-order valence-corrected chi connectivity index (χ1v) is 8.27. The van der Waals surface area contributed by atoms with Crippen LogP contribution in [0.2, 0.25) is 0 Å². The molecule has 1 aromatic rings. The van der Waals surface area contributed by atoms with Crippen molar-refractivity contribution in [2.24, 2.45) is 4.99 Å². The second-order valence-corrected chi connectivity index (χ2v) is 6.30. The van der Waals surface area contributed by atoms with Gasteiger partial charge in [0.1, 0.15) is 5.75 Å². The molecule has 1 amide bonds. The van der Waals surface area contributed by atoms with Gasteiger partial charge < -0.3 is 14.4 Å². The van der Waals surface area contributed by atoms with Crippen molar-refractivity contribution in [2.75, 3.05) is 32.6 Å². The quantitative estimate of drug-likeness (QED) is 0.802. The molecule has 1 fully saturated rings. The summed E-state index contributed by atoms with van der Waals surface area (Å²) in [7, 11) is 5.58.